The van der Waals surface area contributed by atoms with Crippen LogP contribution in [-0.2, 0) is 13.0 Å². The lowest BCUT2D eigenvalue weighted by Gasteiger charge is -2.31. The molecule has 1 aromatic rings. The summed E-state index contributed by atoms with van der Waals surface area (Å²) in [4.78, 5) is 25.3. The van der Waals surface area contributed by atoms with E-state index in [1.807, 2.05) is 37.7 Å². The first kappa shape index (κ1) is 17.3. The van der Waals surface area contributed by atoms with Crippen LogP contribution in [0.3, 0.4) is 0 Å². The van der Waals surface area contributed by atoms with E-state index < -0.39 is 0 Å². The molecule has 7 heteroatoms. The number of hydrogen-bond donors (Lipinski definition) is 2. The third kappa shape index (κ3) is 4.24. The average molecular weight is 320 g/mol. The summed E-state index contributed by atoms with van der Waals surface area (Å²) in [5.41, 5.74) is 2.06. The summed E-state index contributed by atoms with van der Waals surface area (Å²) in [6, 6.07) is 0.380. The Morgan fingerprint density at radius 2 is 1.87 bits per heavy atom. The lowest BCUT2D eigenvalue weighted by atomic mass is 10.1. The second kappa shape index (κ2) is 7.02. The summed E-state index contributed by atoms with van der Waals surface area (Å²) >= 11 is 0. The van der Waals surface area contributed by atoms with Crippen LogP contribution in [0.2, 0.25) is 0 Å². The Morgan fingerprint density at radius 1 is 1.17 bits per heavy atom. The molecule has 23 heavy (non-hydrogen) atoms. The van der Waals surface area contributed by atoms with Crippen LogP contribution in [-0.4, -0.2) is 53.6 Å². The number of hydrogen-bond acceptors (Lipinski definition) is 5. The highest BCUT2D eigenvalue weighted by Gasteiger charge is 2.26. The van der Waals surface area contributed by atoms with Gasteiger partial charge in [-0.3, -0.25) is 0 Å². The molecule has 2 heterocycles. The maximum Gasteiger partial charge on any atom is 0.317 e. The number of fused-ring (bicyclic) bond motifs is 1. The number of aromatic nitrogens is 2. The zero-order valence-corrected chi connectivity index (χ0v) is 15.0. The van der Waals surface area contributed by atoms with Crippen LogP contribution in [0.15, 0.2) is 0 Å². The van der Waals surface area contributed by atoms with Gasteiger partial charge in [0.1, 0.15) is 5.82 Å². The van der Waals surface area contributed by atoms with Crippen LogP contribution >= 0.6 is 0 Å². The number of carbonyl (C=O) groups is 1. The molecule has 0 aromatic carbocycles. The van der Waals surface area contributed by atoms with Crippen molar-refractivity contribution in [2.45, 2.75) is 52.7 Å². The average Bonchev–Trinajstić information content (AvgIpc) is 2.44. The minimum atomic E-state index is -0.0280. The Kier molecular flexibility index (Phi) is 5.28. The van der Waals surface area contributed by atoms with Crippen molar-refractivity contribution in [2.24, 2.45) is 0 Å². The molecule has 0 atom stereocenters. The van der Waals surface area contributed by atoms with E-state index >= 15 is 0 Å². The van der Waals surface area contributed by atoms with Crippen molar-refractivity contribution in [2.75, 3.05) is 30.9 Å². The first-order chi connectivity index (χ1) is 10.8. The highest BCUT2D eigenvalue weighted by atomic mass is 16.2. The van der Waals surface area contributed by atoms with Crippen LogP contribution < -0.4 is 15.5 Å². The monoisotopic (exact) mass is 320 g/mol. The molecule has 0 saturated heterocycles. The van der Waals surface area contributed by atoms with Gasteiger partial charge in [0.15, 0.2) is 0 Å². The fourth-order valence-electron chi connectivity index (χ4n) is 2.60. The summed E-state index contributed by atoms with van der Waals surface area (Å²) in [5.74, 6) is 1.53. The van der Waals surface area contributed by atoms with E-state index in [-0.39, 0.29) is 18.1 Å². The molecule has 2 rings (SSSR count). The largest absolute Gasteiger partial charge is 0.362 e. The Morgan fingerprint density at radius 3 is 2.43 bits per heavy atom. The van der Waals surface area contributed by atoms with Gasteiger partial charge in [-0.2, -0.15) is 4.98 Å². The first-order valence-corrected chi connectivity index (χ1v) is 8.17. The molecule has 0 spiro atoms. The smallest absolute Gasteiger partial charge is 0.317 e. The minimum absolute atomic E-state index is 0.0280. The van der Waals surface area contributed by atoms with Crippen molar-refractivity contribution >= 4 is 17.8 Å². The van der Waals surface area contributed by atoms with E-state index in [0.717, 1.165) is 23.5 Å². The summed E-state index contributed by atoms with van der Waals surface area (Å²) in [5, 5.41) is 6.22. The van der Waals surface area contributed by atoms with Gasteiger partial charge in [-0.25, -0.2) is 9.78 Å². The molecule has 1 aliphatic heterocycles. The van der Waals surface area contributed by atoms with Crippen molar-refractivity contribution in [1.29, 1.82) is 0 Å². The SMILES string of the molecule is CC(C)NC(=O)N1CCc2nc(NC(C)C)nc(N(C)C)c2C1. The Hall–Kier alpha value is -2.05. The van der Waals surface area contributed by atoms with Crippen molar-refractivity contribution in [3.05, 3.63) is 11.3 Å². The van der Waals surface area contributed by atoms with Gasteiger partial charge in [0.2, 0.25) is 5.95 Å². The van der Waals surface area contributed by atoms with Gasteiger partial charge in [-0.05, 0) is 27.7 Å². The molecular formula is C16H28N6O. The molecule has 0 aliphatic carbocycles. The minimum Gasteiger partial charge on any atom is -0.362 e. The second-order valence-corrected chi connectivity index (χ2v) is 6.77. The number of rotatable bonds is 4. The fraction of sp³-hybridized carbons (Fsp3) is 0.688. The van der Waals surface area contributed by atoms with E-state index in [4.69, 9.17) is 0 Å². The Bertz CT molecular complexity index is 570. The molecule has 0 bridgehead atoms. The Balaban J connectivity index is 2.29. The quantitative estimate of drug-likeness (QED) is 0.885. The molecule has 2 amide bonds. The van der Waals surface area contributed by atoms with E-state index in [0.29, 0.717) is 19.0 Å². The third-order valence-electron chi connectivity index (χ3n) is 3.58. The molecule has 0 radical (unpaired) electrons. The first-order valence-electron chi connectivity index (χ1n) is 8.17. The highest BCUT2D eigenvalue weighted by Crippen LogP contribution is 2.27. The molecule has 1 aromatic heterocycles. The van der Waals surface area contributed by atoms with Crippen LogP contribution in [0, 0.1) is 0 Å². The summed E-state index contributed by atoms with van der Waals surface area (Å²) < 4.78 is 0. The van der Waals surface area contributed by atoms with Crippen molar-refractivity contribution in [3.63, 3.8) is 0 Å². The van der Waals surface area contributed by atoms with Gasteiger partial charge in [0.25, 0.3) is 0 Å². The van der Waals surface area contributed by atoms with Gasteiger partial charge in [0, 0.05) is 44.7 Å². The number of amides is 2. The molecule has 7 nitrogen and oxygen atoms in total. The van der Waals surface area contributed by atoms with Crippen LogP contribution in [0.5, 0.6) is 0 Å². The Labute approximate surface area is 138 Å². The third-order valence-corrected chi connectivity index (χ3v) is 3.58. The number of nitrogens with zero attached hydrogens (tertiary/aromatic N) is 4. The van der Waals surface area contributed by atoms with E-state index in [9.17, 15) is 4.79 Å². The van der Waals surface area contributed by atoms with Crippen molar-refractivity contribution in [1.82, 2.24) is 20.2 Å². The lowest BCUT2D eigenvalue weighted by Crippen LogP contribution is -2.45. The zero-order valence-electron chi connectivity index (χ0n) is 15.0. The fourth-order valence-corrected chi connectivity index (χ4v) is 2.60. The van der Waals surface area contributed by atoms with Gasteiger partial charge in [-0.1, -0.05) is 0 Å². The van der Waals surface area contributed by atoms with Crippen LogP contribution in [0.4, 0.5) is 16.6 Å². The molecule has 2 N–H and O–H groups in total. The topological polar surface area (TPSA) is 73.4 Å². The normalized spacial score (nSPS) is 14.0. The lowest BCUT2D eigenvalue weighted by molar-refractivity contribution is 0.189. The van der Waals surface area contributed by atoms with Gasteiger partial charge in [0.05, 0.1) is 12.2 Å². The molecule has 1 aliphatic rings. The number of nitrogens with one attached hydrogen (secondary N) is 2. The van der Waals surface area contributed by atoms with E-state index in [1.54, 1.807) is 0 Å². The molecular weight excluding hydrogens is 292 g/mol. The molecule has 0 unspecified atom stereocenters. The number of anilines is 2. The van der Waals surface area contributed by atoms with Gasteiger partial charge >= 0.3 is 6.03 Å². The summed E-state index contributed by atoms with van der Waals surface area (Å²) in [7, 11) is 3.93. The van der Waals surface area contributed by atoms with Crippen LogP contribution in [0.25, 0.3) is 0 Å². The second-order valence-electron chi connectivity index (χ2n) is 6.77. The summed E-state index contributed by atoms with van der Waals surface area (Å²) in [6.07, 6.45) is 0.747. The maximum absolute atomic E-state index is 12.3. The molecule has 0 fully saturated rings. The van der Waals surface area contributed by atoms with Crippen molar-refractivity contribution in [3.8, 4) is 0 Å². The maximum atomic E-state index is 12.3. The highest BCUT2D eigenvalue weighted by molar-refractivity contribution is 5.75. The zero-order chi connectivity index (χ0) is 17.1. The number of carbonyl (C=O) groups excluding carboxylic acids is 1. The summed E-state index contributed by atoms with van der Waals surface area (Å²) in [6.45, 7) is 9.29. The predicted molar refractivity (Wildman–Crippen MR) is 92.9 cm³/mol. The standard InChI is InChI=1S/C16H28N6O/c1-10(2)17-15-19-13-7-8-22(16(23)18-11(3)4)9-12(13)14(20-15)21(5)6/h10-11H,7-9H2,1-6H3,(H,18,23)(H,17,19,20). The van der Waals surface area contributed by atoms with Gasteiger partial charge in [-0.15, -0.1) is 0 Å². The van der Waals surface area contributed by atoms with E-state index in [2.05, 4.69) is 34.4 Å². The predicted octanol–water partition coefficient (Wildman–Crippen LogP) is 1.84. The molecule has 128 valence electrons. The number of urea groups is 1. The molecule has 0 saturated carbocycles. The van der Waals surface area contributed by atoms with E-state index in [1.165, 1.54) is 0 Å². The van der Waals surface area contributed by atoms with Gasteiger partial charge < -0.3 is 20.4 Å². The van der Waals surface area contributed by atoms with Crippen LogP contribution in [0.1, 0.15) is 39.0 Å². The van der Waals surface area contributed by atoms with Crippen molar-refractivity contribution < 1.29 is 4.79 Å².